The normalized spacial score (nSPS) is 10.6. The molecular weight excluding hydrogens is 332 g/mol. The van der Waals surface area contributed by atoms with Crippen molar-refractivity contribution in [3.8, 4) is 0 Å². The molecular formula is C21H20ClN2O+. The molecule has 0 unspecified atom stereocenters. The van der Waals surface area contributed by atoms with Gasteiger partial charge in [-0.05, 0) is 18.2 Å². The SMILES string of the molecule is O=C(C[NH2+]C(c1ccccc1)c1ccccc1)Nc1cccc(Cl)c1. The molecule has 3 rings (SSSR count). The third kappa shape index (κ3) is 4.92. The van der Waals surface area contributed by atoms with Gasteiger partial charge in [0.05, 0.1) is 0 Å². The molecule has 3 nitrogen and oxygen atoms in total. The molecule has 0 aliphatic heterocycles. The lowest BCUT2D eigenvalue weighted by molar-refractivity contribution is -0.676. The van der Waals surface area contributed by atoms with Gasteiger partial charge >= 0.3 is 0 Å². The highest BCUT2D eigenvalue weighted by Crippen LogP contribution is 2.18. The number of rotatable bonds is 6. The highest BCUT2D eigenvalue weighted by atomic mass is 35.5. The van der Waals surface area contributed by atoms with Crippen LogP contribution in [0.25, 0.3) is 0 Å². The first kappa shape index (κ1) is 17.2. The van der Waals surface area contributed by atoms with E-state index in [9.17, 15) is 4.79 Å². The number of nitrogens with two attached hydrogens (primary N) is 1. The van der Waals surface area contributed by atoms with Crippen LogP contribution in [0.2, 0.25) is 5.02 Å². The molecule has 0 bridgehead atoms. The van der Waals surface area contributed by atoms with Gasteiger partial charge in [-0.1, -0.05) is 78.3 Å². The average molecular weight is 352 g/mol. The molecule has 126 valence electrons. The predicted molar refractivity (Wildman–Crippen MR) is 102 cm³/mol. The number of anilines is 1. The lowest BCUT2D eigenvalue weighted by Gasteiger charge is -2.16. The Morgan fingerprint density at radius 1 is 0.880 bits per heavy atom. The van der Waals surface area contributed by atoms with Crippen molar-refractivity contribution >= 4 is 23.2 Å². The first-order chi connectivity index (χ1) is 12.2. The largest absolute Gasteiger partial charge is 0.328 e. The molecule has 3 aromatic carbocycles. The maximum Gasteiger partial charge on any atom is 0.279 e. The summed E-state index contributed by atoms with van der Waals surface area (Å²) < 4.78 is 0. The van der Waals surface area contributed by atoms with Crippen LogP contribution in [-0.4, -0.2) is 12.5 Å². The smallest absolute Gasteiger partial charge is 0.279 e. The molecule has 0 atom stereocenters. The molecule has 3 aromatic rings. The zero-order chi connectivity index (χ0) is 17.5. The summed E-state index contributed by atoms with van der Waals surface area (Å²) in [6.07, 6.45) is 0. The molecule has 25 heavy (non-hydrogen) atoms. The molecule has 0 saturated carbocycles. The molecule has 0 aliphatic rings. The number of carbonyl (C=O) groups excluding carboxylic acids is 1. The van der Waals surface area contributed by atoms with Crippen LogP contribution in [0.5, 0.6) is 0 Å². The Balaban J connectivity index is 1.70. The highest BCUT2D eigenvalue weighted by Gasteiger charge is 2.18. The summed E-state index contributed by atoms with van der Waals surface area (Å²) in [6.45, 7) is 0.320. The van der Waals surface area contributed by atoms with Gasteiger partial charge in [-0.25, -0.2) is 0 Å². The first-order valence-electron chi connectivity index (χ1n) is 8.21. The Bertz CT molecular complexity index is 782. The van der Waals surface area contributed by atoms with Crippen molar-refractivity contribution in [2.45, 2.75) is 6.04 Å². The second kappa shape index (κ2) is 8.47. The van der Waals surface area contributed by atoms with Gasteiger partial charge < -0.3 is 10.6 Å². The Morgan fingerprint density at radius 2 is 1.48 bits per heavy atom. The van der Waals surface area contributed by atoms with E-state index in [0.717, 1.165) is 0 Å². The summed E-state index contributed by atoms with van der Waals surface area (Å²) in [6, 6.07) is 27.7. The van der Waals surface area contributed by atoms with Crippen molar-refractivity contribution < 1.29 is 10.1 Å². The molecule has 0 fully saturated rings. The van der Waals surface area contributed by atoms with Crippen molar-refractivity contribution in [3.05, 3.63) is 101 Å². The van der Waals surface area contributed by atoms with Crippen LogP contribution >= 0.6 is 11.6 Å². The minimum atomic E-state index is -0.0564. The molecule has 0 aromatic heterocycles. The van der Waals surface area contributed by atoms with E-state index in [2.05, 4.69) is 29.6 Å². The average Bonchev–Trinajstić information content (AvgIpc) is 2.64. The molecule has 3 N–H and O–H groups in total. The van der Waals surface area contributed by atoms with Crippen molar-refractivity contribution in [1.82, 2.24) is 0 Å². The van der Waals surface area contributed by atoms with Crippen LogP contribution < -0.4 is 10.6 Å². The quantitative estimate of drug-likeness (QED) is 0.700. The Kier molecular flexibility index (Phi) is 5.83. The van der Waals surface area contributed by atoms with Crippen LogP contribution in [0.3, 0.4) is 0 Å². The third-order valence-corrected chi connectivity index (χ3v) is 4.20. The van der Waals surface area contributed by atoms with Crippen LogP contribution in [0.1, 0.15) is 17.2 Å². The summed E-state index contributed by atoms with van der Waals surface area (Å²) in [5, 5.41) is 5.54. The fourth-order valence-corrected chi connectivity index (χ4v) is 2.98. The van der Waals surface area contributed by atoms with E-state index in [1.54, 1.807) is 12.1 Å². The summed E-state index contributed by atoms with van der Waals surface area (Å²) in [4.78, 5) is 12.3. The third-order valence-electron chi connectivity index (χ3n) is 3.96. The number of carbonyl (C=O) groups is 1. The Labute approximate surface area is 152 Å². The molecule has 0 heterocycles. The zero-order valence-electron chi connectivity index (χ0n) is 13.7. The fourth-order valence-electron chi connectivity index (χ4n) is 2.79. The molecule has 1 amide bonds. The van der Waals surface area contributed by atoms with E-state index in [1.807, 2.05) is 53.8 Å². The number of hydrogen-bond donors (Lipinski definition) is 2. The predicted octanol–water partition coefficient (Wildman–Crippen LogP) is 3.63. The van der Waals surface area contributed by atoms with E-state index in [0.29, 0.717) is 17.3 Å². The second-order valence-electron chi connectivity index (χ2n) is 5.80. The first-order valence-corrected chi connectivity index (χ1v) is 8.59. The van der Waals surface area contributed by atoms with Gasteiger partial charge in [-0.3, -0.25) is 4.79 Å². The van der Waals surface area contributed by atoms with Gasteiger partial charge in [0.2, 0.25) is 0 Å². The van der Waals surface area contributed by atoms with E-state index in [4.69, 9.17) is 11.6 Å². The van der Waals surface area contributed by atoms with Crippen LogP contribution in [0.4, 0.5) is 5.69 Å². The minimum absolute atomic E-state index is 0.0564. The molecule has 0 saturated heterocycles. The second-order valence-corrected chi connectivity index (χ2v) is 6.23. The van der Waals surface area contributed by atoms with Crippen LogP contribution in [0, 0.1) is 0 Å². The number of amides is 1. The number of hydrogen-bond acceptors (Lipinski definition) is 1. The van der Waals surface area contributed by atoms with E-state index in [1.165, 1.54) is 11.1 Å². The van der Waals surface area contributed by atoms with Gasteiger partial charge in [0, 0.05) is 21.8 Å². The summed E-state index contributed by atoms with van der Waals surface area (Å²) in [5.41, 5.74) is 3.05. The molecule has 0 spiro atoms. The molecule has 4 heteroatoms. The van der Waals surface area contributed by atoms with Crippen molar-refractivity contribution in [2.75, 3.05) is 11.9 Å². The molecule has 0 aliphatic carbocycles. The van der Waals surface area contributed by atoms with Gasteiger partial charge in [-0.2, -0.15) is 0 Å². The topological polar surface area (TPSA) is 45.7 Å². The Morgan fingerprint density at radius 3 is 2.04 bits per heavy atom. The van der Waals surface area contributed by atoms with Gasteiger partial charge in [0.15, 0.2) is 6.54 Å². The molecule has 0 radical (unpaired) electrons. The van der Waals surface area contributed by atoms with Crippen molar-refractivity contribution in [1.29, 1.82) is 0 Å². The summed E-state index contributed by atoms with van der Waals surface area (Å²) >= 11 is 5.96. The maximum absolute atomic E-state index is 12.3. The van der Waals surface area contributed by atoms with E-state index < -0.39 is 0 Å². The number of halogens is 1. The van der Waals surface area contributed by atoms with E-state index in [-0.39, 0.29) is 11.9 Å². The van der Waals surface area contributed by atoms with Crippen molar-refractivity contribution in [2.24, 2.45) is 0 Å². The fraction of sp³-hybridized carbons (Fsp3) is 0.0952. The Hall–Kier alpha value is -2.62. The van der Waals surface area contributed by atoms with Gasteiger partial charge in [0.1, 0.15) is 6.04 Å². The van der Waals surface area contributed by atoms with Crippen molar-refractivity contribution in [3.63, 3.8) is 0 Å². The minimum Gasteiger partial charge on any atom is -0.328 e. The number of nitrogens with one attached hydrogen (secondary N) is 1. The lowest BCUT2D eigenvalue weighted by atomic mass is 9.99. The zero-order valence-corrected chi connectivity index (χ0v) is 14.5. The lowest BCUT2D eigenvalue weighted by Crippen LogP contribution is -2.87. The number of benzene rings is 3. The van der Waals surface area contributed by atoms with E-state index >= 15 is 0 Å². The standard InChI is InChI=1S/C21H19ClN2O/c22-18-12-7-13-19(14-18)24-20(25)15-23-21(16-8-3-1-4-9-16)17-10-5-2-6-11-17/h1-14,21,23H,15H2,(H,24,25)/p+1. The number of quaternary nitrogens is 1. The van der Waals surface area contributed by atoms with Gasteiger partial charge in [0.25, 0.3) is 5.91 Å². The summed E-state index contributed by atoms with van der Waals surface area (Å²) in [5.74, 6) is -0.0564. The van der Waals surface area contributed by atoms with Gasteiger partial charge in [-0.15, -0.1) is 0 Å². The highest BCUT2D eigenvalue weighted by molar-refractivity contribution is 6.30. The van der Waals surface area contributed by atoms with Crippen LogP contribution in [0.15, 0.2) is 84.9 Å². The maximum atomic E-state index is 12.3. The summed E-state index contributed by atoms with van der Waals surface area (Å²) in [7, 11) is 0. The monoisotopic (exact) mass is 351 g/mol. The van der Waals surface area contributed by atoms with Crippen LogP contribution in [-0.2, 0) is 4.79 Å².